The molecule has 0 aliphatic rings. The Morgan fingerprint density at radius 1 is 1.45 bits per heavy atom. The van der Waals surface area contributed by atoms with Crippen molar-refractivity contribution in [1.82, 2.24) is 5.32 Å². The first-order valence-corrected chi connectivity index (χ1v) is 6.54. The number of carbonyl (C=O) groups excluding carboxylic acids is 1. The average molecular weight is 326 g/mol. The van der Waals surface area contributed by atoms with Gasteiger partial charge in [0.05, 0.1) is 28.5 Å². The zero-order valence-electron chi connectivity index (χ0n) is 11.2. The molecule has 22 heavy (non-hydrogen) atoms. The number of nitrogens with one attached hydrogen (secondary N) is 2. The van der Waals surface area contributed by atoms with Crippen molar-refractivity contribution in [1.29, 1.82) is 0 Å². The van der Waals surface area contributed by atoms with Gasteiger partial charge in [0, 0.05) is 12.1 Å². The van der Waals surface area contributed by atoms with Crippen LogP contribution in [0.5, 0.6) is 0 Å². The minimum absolute atomic E-state index is 0.0305. The number of nitro benzene ring substituents is 1. The summed E-state index contributed by atoms with van der Waals surface area (Å²) in [5.74, 6) is 0.396. The van der Waals surface area contributed by atoms with Gasteiger partial charge in [-0.15, -0.1) is 0 Å². The molecule has 2 aromatic rings. The maximum atomic E-state index is 11.9. The van der Waals surface area contributed by atoms with Crippen LogP contribution in [0, 0.1) is 10.1 Å². The molecule has 9 heteroatoms. The highest BCUT2D eigenvalue weighted by Gasteiger charge is 2.17. The molecular weight excluding hydrogens is 314 g/mol. The van der Waals surface area contributed by atoms with Gasteiger partial charge in [-0.1, -0.05) is 11.6 Å². The van der Waals surface area contributed by atoms with Crippen molar-refractivity contribution in [2.75, 3.05) is 11.9 Å². The molecule has 0 saturated heterocycles. The second-order valence-electron chi connectivity index (χ2n) is 4.27. The van der Waals surface area contributed by atoms with Gasteiger partial charge in [0.1, 0.15) is 11.8 Å². The van der Waals surface area contributed by atoms with E-state index in [0.29, 0.717) is 5.76 Å². The fourth-order valence-electron chi connectivity index (χ4n) is 1.73. The van der Waals surface area contributed by atoms with Crippen molar-refractivity contribution in [2.24, 2.45) is 0 Å². The zero-order valence-corrected chi connectivity index (χ0v) is 11.9. The first-order chi connectivity index (χ1) is 10.5. The van der Waals surface area contributed by atoms with Crippen LogP contribution in [0.3, 0.4) is 0 Å². The molecule has 1 heterocycles. The largest absolute Gasteiger partial charge is 0.467 e. The van der Waals surface area contributed by atoms with Crippen LogP contribution < -0.4 is 10.6 Å². The number of carbonyl (C=O) groups is 1. The summed E-state index contributed by atoms with van der Waals surface area (Å²) >= 11 is 5.87. The van der Waals surface area contributed by atoms with Gasteiger partial charge in [-0.3, -0.25) is 10.1 Å². The van der Waals surface area contributed by atoms with Gasteiger partial charge >= 0.3 is 6.03 Å². The molecule has 1 unspecified atom stereocenters. The van der Waals surface area contributed by atoms with E-state index >= 15 is 0 Å². The molecule has 0 bridgehead atoms. The monoisotopic (exact) mass is 325 g/mol. The van der Waals surface area contributed by atoms with E-state index < -0.39 is 17.0 Å². The molecule has 3 N–H and O–H groups in total. The Labute approximate surface area is 129 Å². The summed E-state index contributed by atoms with van der Waals surface area (Å²) in [5.41, 5.74) is 0.0284. The second kappa shape index (κ2) is 6.92. The number of anilines is 1. The highest BCUT2D eigenvalue weighted by molar-refractivity contribution is 6.33. The lowest BCUT2D eigenvalue weighted by molar-refractivity contribution is -0.384. The summed E-state index contributed by atoms with van der Waals surface area (Å²) in [6, 6.07) is 5.56. The number of hydrogen-bond acceptors (Lipinski definition) is 5. The van der Waals surface area contributed by atoms with E-state index in [-0.39, 0.29) is 23.0 Å². The molecule has 1 aromatic heterocycles. The van der Waals surface area contributed by atoms with Gasteiger partial charge in [-0.2, -0.15) is 0 Å². The van der Waals surface area contributed by atoms with Crippen LogP contribution in [0.4, 0.5) is 16.2 Å². The zero-order chi connectivity index (χ0) is 16.1. The standard InChI is InChI=1S/C13H12ClN3O5/c14-9-6-8(17(20)21)3-4-10(9)15-13(19)16-11(7-18)12-2-1-5-22-12/h1-6,11,18H,7H2,(H2,15,16,19). The van der Waals surface area contributed by atoms with Crippen molar-refractivity contribution in [3.63, 3.8) is 0 Å². The minimum Gasteiger partial charge on any atom is -0.467 e. The van der Waals surface area contributed by atoms with Gasteiger partial charge in [0.15, 0.2) is 0 Å². The van der Waals surface area contributed by atoms with Gasteiger partial charge in [0.2, 0.25) is 0 Å². The van der Waals surface area contributed by atoms with Crippen LogP contribution in [0.1, 0.15) is 11.8 Å². The Morgan fingerprint density at radius 2 is 2.23 bits per heavy atom. The van der Waals surface area contributed by atoms with E-state index in [9.17, 15) is 20.0 Å². The quantitative estimate of drug-likeness (QED) is 0.577. The lowest BCUT2D eigenvalue weighted by atomic mass is 10.2. The number of aliphatic hydroxyl groups is 1. The molecule has 0 saturated carbocycles. The second-order valence-corrected chi connectivity index (χ2v) is 4.68. The van der Waals surface area contributed by atoms with Crippen LogP contribution in [-0.4, -0.2) is 22.7 Å². The predicted molar refractivity (Wildman–Crippen MR) is 78.8 cm³/mol. The SMILES string of the molecule is O=C(Nc1ccc([N+](=O)[O-])cc1Cl)NC(CO)c1ccco1. The summed E-state index contributed by atoms with van der Waals surface area (Å²) in [4.78, 5) is 21.9. The highest BCUT2D eigenvalue weighted by atomic mass is 35.5. The smallest absolute Gasteiger partial charge is 0.319 e. The van der Waals surface area contributed by atoms with Crippen molar-refractivity contribution in [2.45, 2.75) is 6.04 Å². The summed E-state index contributed by atoms with van der Waals surface area (Å²) in [5, 5.41) is 24.8. The number of nitro groups is 1. The fourth-order valence-corrected chi connectivity index (χ4v) is 1.95. The van der Waals surface area contributed by atoms with E-state index in [2.05, 4.69) is 10.6 Å². The van der Waals surface area contributed by atoms with Crippen LogP contribution >= 0.6 is 11.6 Å². The number of non-ortho nitro benzene ring substituents is 1. The topological polar surface area (TPSA) is 118 Å². The Hall–Kier alpha value is -2.58. The van der Waals surface area contributed by atoms with Crippen molar-refractivity contribution in [3.05, 3.63) is 57.5 Å². The van der Waals surface area contributed by atoms with Crippen LogP contribution in [0.2, 0.25) is 5.02 Å². The third-order valence-electron chi connectivity index (χ3n) is 2.79. The van der Waals surface area contributed by atoms with Crippen molar-refractivity contribution < 1.29 is 19.2 Å². The maximum Gasteiger partial charge on any atom is 0.319 e. The predicted octanol–water partition coefficient (Wildman–Crippen LogP) is 2.70. The number of urea groups is 1. The third-order valence-corrected chi connectivity index (χ3v) is 3.10. The normalized spacial score (nSPS) is 11.7. The van der Waals surface area contributed by atoms with Crippen LogP contribution in [-0.2, 0) is 0 Å². The Balaban J connectivity index is 2.04. The number of rotatable bonds is 5. The average Bonchev–Trinajstić information content (AvgIpc) is 3.00. The molecule has 1 aromatic carbocycles. The Kier molecular flexibility index (Phi) is 4.97. The molecule has 0 aliphatic carbocycles. The summed E-state index contributed by atoms with van der Waals surface area (Å²) in [7, 11) is 0. The van der Waals surface area contributed by atoms with Crippen LogP contribution in [0.25, 0.3) is 0 Å². The number of benzene rings is 1. The first-order valence-electron chi connectivity index (χ1n) is 6.17. The first kappa shape index (κ1) is 15.8. The van der Waals surface area contributed by atoms with Crippen molar-refractivity contribution >= 4 is 29.0 Å². The van der Waals surface area contributed by atoms with E-state index in [0.717, 1.165) is 6.07 Å². The van der Waals surface area contributed by atoms with E-state index in [4.69, 9.17) is 16.0 Å². The molecule has 0 spiro atoms. The molecule has 1 atom stereocenters. The number of hydrogen-bond donors (Lipinski definition) is 3. The van der Waals surface area contributed by atoms with Gasteiger partial charge < -0.3 is 20.2 Å². The number of nitrogens with zero attached hydrogens (tertiary/aromatic N) is 1. The number of halogens is 1. The molecule has 0 aliphatic heterocycles. The van der Waals surface area contributed by atoms with Gasteiger partial charge in [-0.05, 0) is 18.2 Å². The van der Waals surface area contributed by atoms with E-state index in [1.165, 1.54) is 18.4 Å². The summed E-state index contributed by atoms with van der Waals surface area (Å²) in [6.45, 7) is -0.352. The Bertz CT molecular complexity index is 674. The van der Waals surface area contributed by atoms with E-state index in [1.54, 1.807) is 12.1 Å². The molecule has 0 fully saturated rings. The molecule has 116 valence electrons. The maximum absolute atomic E-state index is 11.9. The molecular formula is C13H12ClN3O5. The lowest BCUT2D eigenvalue weighted by Gasteiger charge is -2.15. The number of furan rings is 1. The molecule has 8 nitrogen and oxygen atoms in total. The molecule has 2 rings (SSSR count). The highest BCUT2D eigenvalue weighted by Crippen LogP contribution is 2.26. The molecule has 0 radical (unpaired) electrons. The van der Waals surface area contributed by atoms with Crippen LogP contribution in [0.15, 0.2) is 41.0 Å². The van der Waals surface area contributed by atoms with Crippen molar-refractivity contribution in [3.8, 4) is 0 Å². The van der Waals surface area contributed by atoms with Gasteiger partial charge in [0.25, 0.3) is 5.69 Å². The summed E-state index contributed by atoms with van der Waals surface area (Å²) < 4.78 is 5.10. The van der Waals surface area contributed by atoms with E-state index in [1.807, 2.05) is 0 Å². The Morgan fingerprint density at radius 3 is 2.77 bits per heavy atom. The summed E-state index contributed by atoms with van der Waals surface area (Å²) in [6.07, 6.45) is 1.42. The number of aliphatic hydroxyl groups excluding tert-OH is 1. The fraction of sp³-hybridized carbons (Fsp3) is 0.154. The third kappa shape index (κ3) is 3.74. The minimum atomic E-state index is -0.716. The van der Waals surface area contributed by atoms with Gasteiger partial charge in [-0.25, -0.2) is 4.79 Å². The molecule has 2 amide bonds. The lowest BCUT2D eigenvalue weighted by Crippen LogP contribution is -2.34. The number of amides is 2.